The Kier molecular flexibility index (Phi) is 4.90. The van der Waals surface area contributed by atoms with Crippen LogP contribution in [0, 0.1) is 0 Å². The van der Waals surface area contributed by atoms with Gasteiger partial charge in [-0.25, -0.2) is 0 Å². The van der Waals surface area contributed by atoms with Gasteiger partial charge in [0, 0.05) is 11.0 Å². The van der Waals surface area contributed by atoms with Crippen LogP contribution >= 0.6 is 0 Å². The SMILES string of the molecule is CCOc1cccc(OCCN=[N+]=[N-])c1. The highest BCUT2D eigenvalue weighted by Gasteiger charge is 1.96. The lowest BCUT2D eigenvalue weighted by atomic mass is 10.3. The van der Waals surface area contributed by atoms with E-state index in [1.807, 2.05) is 25.1 Å². The average Bonchev–Trinajstić information content (AvgIpc) is 2.26. The van der Waals surface area contributed by atoms with Crippen molar-refractivity contribution in [2.75, 3.05) is 19.8 Å². The molecule has 0 aliphatic heterocycles. The Hall–Kier alpha value is -1.87. The van der Waals surface area contributed by atoms with Crippen molar-refractivity contribution < 1.29 is 9.47 Å². The zero-order valence-electron chi connectivity index (χ0n) is 8.59. The number of hydrogen-bond donors (Lipinski definition) is 0. The summed E-state index contributed by atoms with van der Waals surface area (Å²) >= 11 is 0. The van der Waals surface area contributed by atoms with E-state index in [9.17, 15) is 0 Å². The largest absolute Gasteiger partial charge is 0.494 e. The van der Waals surface area contributed by atoms with E-state index in [1.54, 1.807) is 6.07 Å². The van der Waals surface area contributed by atoms with Crippen LogP contribution in [0.15, 0.2) is 29.4 Å². The second-order valence-electron chi connectivity index (χ2n) is 2.71. The molecule has 0 unspecified atom stereocenters. The molecule has 5 nitrogen and oxygen atoms in total. The summed E-state index contributed by atoms with van der Waals surface area (Å²) < 4.78 is 10.7. The molecule has 80 valence electrons. The zero-order chi connectivity index (χ0) is 10.9. The fourth-order valence-corrected chi connectivity index (χ4v) is 1.07. The topological polar surface area (TPSA) is 67.2 Å². The summed E-state index contributed by atoms with van der Waals surface area (Å²) in [5.74, 6) is 1.49. The lowest BCUT2D eigenvalue weighted by molar-refractivity contribution is 0.316. The van der Waals surface area contributed by atoms with Gasteiger partial charge in [0.05, 0.1) is 19.8 Å². The van der Waals surface area contributed by atoms with Gasteiger partial charge in [-0.05, 0) is 24.6 Å². The molecule has 15 heavy (non-hydrogen) atoms. The number of ether oxygens (including phenoxy) is 2. The Balaban J connectivity index is 2.46. The summed E-state index contributed by atoms with van der Waals surface area (Å²) in [5, 5.41) is 3.37. The molecule has 1 rings (SSSR count). The Morgan fingerprint density at radius 1 is 1.33 bits per heavy atom. The third-order valence-corrected chi connectivity index (χ3v) is 1.64. The van der Waals surface area contributed by atoms with Gasteiger partial charge >= 0.3 is 0 Å². The van der Waals surface area contributed by atoms with Crippen LogP contribution in [-0.2, 0) is 0 Å². The molecule has 0 heterocycles. The molecule has 0 amide bonds. The van der Waals surface area contributed by atoms with E-state index in [0.717, 1.165) is 5.75 Å². The van der Waals surface area contributed by atoms with Crippen LogP contribution in [0.25, 0.3) is 10.4 Å². The monoisotopic (exact) mass is 207 g/mol. The first-order valence-electron chi connectivity index (χ1n) is 4.73. The van der Waals surface area contributed by atoms with E-state index >= 15 is 0 Å². The van der Waals surface area contributed by atoms with Crippen LogP contribution < -0.4 is 9.47 Å². The molecule has 0 atom stereocenters. The summed E-state index contributed by atoms with van der Waals surface area (Å²) in [5.41, 5.74) is 8.06. The zero-order valence-corrected chi connectivity index (χ0v) is 8.59. The standard InChI is InChI=1S/C10H13N3O2/c1-2-14-9-4-3-5-10(8-9)15-7-6-12-13-11/h3-5,8H,2,6-7H2,1H3. The van der Waals surface area contributed by atoms with Crippen molar-refractivity contribution >= 4 is 0 Å². The first kappa shape index (κ1) is 11.2. The van der Waals surface area contributed by atoms with Crippen LogP contribution in [0.5, 0.6) is 11.5 Å². The van der Waals surface area contributed by atoms with Gasteiger partial charge in [0.15, 0.2) is 0 Å². The molecule has 0 radical (unpaired) electrons. The van der Waals surface area contributed by atoms with Crippen LogP contribution in [0.2, 0.25) is 0 Å². The summed E-state index contributed by atoms with van der Waals surface area (Å²) in [6.07, 6.45) is 0. The van der Waals surface area contributed by atoms with Crippen molar-refractivity contribution in [3.8, 4) is 11.5 Å². The van der Waals surface area contributed by atoms with E-state index < -0.39 is 0 Å². The van der Waals surface area contributed by atoms with Gasteiger partial charge < -0.3 is 9.47 Å². The minimum Gasteiger partial charge on any atom is -0.494 e. The Bertz CT molecular complexity index is 348. The molecule has 5 heteroatoms. The molecule has 0 saturated heterocycles. The van der Waals surface area contributed by atoms with Crippen molar-refractivity contribution in [2.24, 2.45) is 5.11 Å². The minimum atomic E-state index is 0.329. The van der Waals surface area contributed by atoms with E-state index in [-0.39, 0.29) is 0 Å². The van der Waals surface area contributed by atoms with E-state index in [2.05, 4.69) is 10.0 Å². The van der Waals surface area contributed by atoms with Gasteiger partial charge in [-0.2, -0.15) is 0 Å². The summed E-state index contributed by atoms with van der Waals surface area (Å²) in [4.78, 5) is 2.63. The molecule has 0 saturated carbocycles. The molecule has 0 aliphatic rings. The highest BCUT2D eigenvalue weighted by Crippen LogP contribution is 2.19. The molecule has 0 fully saturated rings. The molecular formula is C10H13N3O2. The molecule has 0 aliphatic carbocycles. The second-order valence-corrected chi connectivity index (χ2v) is 2.71. The molecule has 0 spiro atoms. The smallest absolute Gasteiger partial charge is 0.122 e. The maximum Gasteiger partial charge on any atom is 0.122 e. The van der Waals surface area contributed by atoms with Crippen molar-refractivity contribution in [3.63, 3.8) is 0 Å². The highest BCUT2D eigenvalue weighted by atomic mass is 16.5. The van der Waals surface area contributed by atoms with E-state index in [0.29, 0.717) is 25.5 Å². The third-order valence-electron chi connectivity index (χ3n) is 1.64. The van der Waals surface area contributed by atoms with Gasteiger partial charge in [0.2, 0.25) is 0 Å². The van der Waals surface area contributed by atoms with Crippen molar-refractivity contribution in [1.82, 2.24) is 0 Å². The fraction of sp³-hybridized carbons (Fsp3) is 0.400. The van der Waals surface area contributed by atoms with Crippen LogP contribution in [-0.4, -0.2) is 19.8 Å². The fourth-order valence-electron chi connectivity index (χ4n) is 1.07. The first-order valence-corrected chi connectivity index (χ1v) is 4.73. The van der Waals surface area contributed by atoms with Gasteiger partial charge in [-0.15, -0.1) is 0 Å². The summed E-state index contributed by atoms with van der Waals surface area (Å²) in [6, 6.07) is 7.36. The van der Waals surface area contributed by atoms with E-state index in [1.165, 1.54) is 0 Å². The number of azide groups is 1. The predicted molar refractivity (Wildman–Crippen MR) is 57.1 cm³/mol. The van der Waals surface area contributed by atoms with Gasteiger partial charge in [-0.1, -0.05) is 11.2 Å². The normalized spacial score (nSPS) is 9.13. The maximum atomic E-state index is 8.06. The summed E-state index contributed by atoms with van der Waals surface area (Å²) in [7, 11) is 0. The maximum absolute atomic E-state index is 8.06. The van der Waals surface area contributed by atoms with E-state index in [4.69, 9.17) is 15.0 Å². The van der Waals surface area contributed by atoms with Crippen molar-refractivity contribution in [1.29, 1.82) is 0 Å². The van der Waals surface area contributed by atoms with Crippen LogP contribution in [0.1, 0.15) is 6.92 Å². The number of nitrogens with zero attached hydrogens (tertiary/aromatic N) is 3. The molecule has 0 aromatic heterocycles. The van der Waals surface area contributed by atoms with Crippen LogP contribution in [0.3, 0.4) is 0 Å². The lowest BCUT2D eigenvalue weighted by Crippen LogP contribution is -2.00. The van der Waals surface area contributed by atoms with Gasteiger partial charge in [-0.3, -0.25) is 0 Å². The molecule has 0 bridgehead atoms. The minimum absolute atomic E-state index is 0.329. The second kappa shape index (κ2) is 6.56. The average molecular weight is 207 g/mol. The highest BCUT2D eigenvalue weighted by molar-refractivity contribution is 5.32. The van der Waals surface area contributed by atoms with Gasteiger partial charge in [0.25, 0.3) is 0 Å². The molecule has 1 aromatic rings. The third kappa shape index (κ3) is 4.24. The Morgan fingerprint density at radius 3 is 2.73 bits per heavy atom. The first-order chi connectivity index (χ1) is 7.36. The predicted octanol–water partition coefficient (Wildman–Crippen LogP) is 2.77. The van der Waals surface area contributed by atoms with Crippen LogP contribution in [0.4, 0.5) is 0 Å². The molecule has 0 N–H and O–H groups in total. The Morgan fingerprint density at radius 2 is 2.07 bits per heavy atom. The molecule has 1 aromatic carbocycles. The number of hydrogen-bond acceptors (Lipinski definition) is 3. The molecular weight excluding hydrogens is 194 g/mol. The number of rotatable bonds is 6. The van der Waals surface area contributed by atoms with Crippen molar-refractivity contribution in [2.45, 2.75) is 6.92 Å². The number of benzene rings is 1. The van der Waals surface area contributed by atoms with Gasteiger partial charge in [0.1, 0.15) is 11.5 Å². The van der Waals surface area contributed by atoms with Crippen molar-refractivity contribution in [3.05, 3.63) is 34.7 Å². The quantitative estimate of drug-likeness (QED) is 0.311. The Labute approximate surface area is 88.3 Å². The lowest BCUT2D eigenvalue weighted by Gasteiger charge is -2.06. The summed E-state index contributed by atoms with van der Waals surface area (Å²) in [6.45, 7) is 3.26.